The molecule has 4 rings (SSSR count). The average molecular weight is 561 g/mol. The molecule has 1 amide bonds. The number of pyridine rings is 1. The summed E-state index contributed by atoms with van der Waals surface area (Å²) < 4.78 is 95.5. The van der Waals surface area contributed by atoms with Gasteiger partial charge in [-0.05, 0) is 73.0 Å². The molecular formula is C30H23F7N2O. The van der Waals surface area contributed by atoms with E-state index in [-0.39, 0.29) is 17.7 Å². The third kappa shape index (κ3) is 6.16. The van der Waals surface area contributed by atoms with E-state index >= 15 is 0 Å². The molecule has 40 heavy (non-hydrogen) atoms. The molecule has 1 heterocycles. The zero-order valence-corrected chi connectivity index (χ0v) is 21.3. The van der Waals surface area contributed by atoms with Crippen molar-refractivity contribution >= 4 is 5.91 Å². The Morgan fingerprint density at radius 2 is 1.45 bits per heavy atom. The number of alkyl halides is 6. The van der Waals surface area contributed by atoms with Gasteiger partial charge in [0.2, 0.25) is 0 Å². The number of rotatable bonds is 6. The molecule has 0 radical (unpaired) electrons. The van der Waals surface area contributed by atoms with E-state index in [1.165, 1.54) is 12.1 Å². The molecule has 3 nitrogen and oxygen atoms in total. The fourth-order valence-corrected chi connectivity index (χ4v) is 4.59. The quantitative estimate of drug-likeness (QED) is 0.245. The Hall–Kier alpha value is -4.21. The van der Waals surface area contributed by atoms with Crippen LogP contribution < -0.4 is 5.32 Å². The number of carbonyl (C=O) groups is 1. The number of carbonyl (C=O) groups excluding carboxylic acids is 1. The van der Waals surface area contributed by atoms with Gasteiger partial charge in [-0.2, -0.15) is 26.3 Å². The minimum atomic E-state index is -5.07. The Morgan fingerprint density at radius 1 is 0.775 bits per heavy atom. The number of hydrogen-bond donors (Lipinski definition) is 1. The van der Waals surface area contributed by atoms with Crippen molar-refractivity contribution in [3.05, 3.63) is 136 Å². The molecule has 0 aliphatic heterocycles. The SMILES string of the molecule is Cc1cc(C)nc(C(Cc2ccccc2)(NC(=O)c2ccc(F)c(C(F)(F)F)c2)c2cccc(C(F)(F)F)c2)c1. The summed E-state index contributed by atoms with van der Waals surface area (Å²) in [6.45, 7) is 3.42. The van der Waals surface area contributed by atoms with Crippen molar-refractivity contribution in [2.24, 2.45) is 0 Å². The third-order valence-electron chi connectivity index (χ3n) is 6.39. The van der Waals surface area contributed by atoms with Crippen molar-refractivity contribution < 1.29 is 35.5 Å². The summed E-state index contributed by atoms with van der Waals surface area (Å²) in [5.74, 6) is -2.62. The zero-order chi connectivity index (χ0) is 29.3. The van der Waals surface area contributed by atoms with Gasteiger partial charge in [-0.3, -0.25) is 9.78 Å². The lowest BCUT2D eigenvalue weighted by Gasteiger charge is -2.36. The molecule has 0 saturated carbocycles. The number of hydrogen-bond acceptors (Lipinski definition) is 2. The first kappa shape index (κ1) is 28.8. The van der Waals surface area contributed by atoms with Gasteiger partial charge in [-0.15, -0.1) is 0 Å². The van der Waals surface area contributed by atoms with E-state index < -0.39 is 46.3 Å². The van der Waals surface area contributed by atoms with Crippen LogP contribution in [0.4, 0.5) is 30.7 Å². The highest BCUT2D eigenvalue weighted by atomic mass is 19.4. The first-order valence-corrected chi connectivity index (χ1v) is 12.1. The van der Waals surface area contributed by atoms with Crippen molar-refractivity contribution in [3.8, 4) is 0 Å². The fraction of sp³-hybridized carbons (Fsp3) is 0.200. The second kappa shape index (κ2) is 10.7. The maximum Gasteiger partial charge on any atom is 0.419 e. The average Bonchev–Trinajstić information content (AvgIpc) is 2.87. The monoisotopic (exact) mass is 560 g/mol. The molecule has 1 atom stereocenters. The van der Waals surface area contributed by atoms with Gasteiger partial charge >= 0.3 is 12.4 Å². The maximum atomic E-state index is 14.0. The van der Waals surface area contributed by atoms with Crippen LogP contribution in [-0.4, -0.2) is 10.9 Å². The van der Waals surface area contributed by atoms with E-state index in [1.807, 2.05) is 0 Å². The van der Waals surface area contributed by atoms with Crippen LogP contribution >= 0.6 is 0 Å². The summed E-state index contributed by atoms with van der Waals surface area (Å²) in [4.78, 5) is 18.1. The van der Waals surface area contributed by atoms with E-state index in [0.717, 1.165) is 18.2 Å². The number of aryl methyl sites for hydroxylation is 2. The molecule has 1 aromatic heterocycles. The minimum Gasteiger partial charge on any atom is -0.337 e. The van der Waals surface area contributed by atoms with Crippen molar-refractivity contribution in [3.63, 3.8) is 0 Å². The molecular weight excluding hydrogens is 537 g/mol. The first-order chi connectivity index (χ1) is 18.7. The van der Waals surface area contributed by atoms with Crippen LogP contribution in [0.25, 0.3) is 0 Å². The van der Waals surface area contributed by atoms with Gasteiger partial charge in [0.05, 0.1) is 16.8 Å². The van der Waals surface area contributed by atoms with Gasteiger partial charge in [0.1, 0.15) is 11.4 Å². The first-order valence-electron chi connectivity index (χ1n) is 12.1. The number of aromatic nitrogens is 1. The van der Waals surface area contributed by atoms with Crippen LogP contribution in [0.3, 0.4) is 0 Å². The summed E-state index contributed by atoms with van der Waals surface area (Å²) >= 11 is 0. The zero-order valence-electron chi connectivity index (χ0n) is 21.3. The van der Waals surface area contributed by atoms with Gasteiger partial charge in [-0.1, -0.05) is 42.5 Å². The van der Waals surface area contributed by atoms with Crippen LogP contribution in [0.1, 0.15) is 49.6 Å². The lowest BCUT2D eigenvalue weighted by atomic mass is 9.79. The molecule has 208 valence electrons. The number of nitrogens with zero attached hydrogens (tertiary/aromatic N) is 1. The van der Waals surface area contributed by atoms with Gasteiger partial charge in [0.15, 0.2) is 0 Å². The molecule has 1 unspecified atom stereocenters. The molecule has 0 bridgehead atoms. The molecule has 0 fully saturated rings. The van der Waals surface area contributed by atoms with E-state index in [2.05, 4.69) is 10.3 Å². The summed E-state index contributed by atoms with van der Waals surface area (Å²) in [5, 5.41) is 2.70. The van der Waals surface area contributed by atoms with Crippen molar-refractivity contribution in [2.75, 3.05) is 0 Å². The molecule has 0 aliphatic rings. The summed E-state index contributed by atoms with van der Waals surface area (Å²) in [6.07, 6.45) is -9.88. The lowest BCUT2D eigenvalue weighted by Crippen LogP contribution is -2.49. The largest absolute Gasteiger partial charge is 0.419 e. The Morgan fingerprint density at radius 3 is 2.08 bits per heavy atom. The predicted molar refractivity (Wildman–Crippen MR) is 135 cm³/mol. The van der Waals surface area contributed by atoms with E-state index in [1.54, 1.807) is 56.3 Å². The Balaban J connectivity index is 1.98. The summed E-state index contributed by atoms with van der Waals surface area (Å²) in [7, 11) is 0. The molecule has 3 aromatic carbocycles. The highest BCUT2D eigenvalue weighted by Gasteiger charge is 2.41. The second-order valence-electron chi connectivity index (χ2n) is 9.46. The number of nitrogens with one attached hydrogen (secondary N) is 1. The lowest BCUT2D eigenvalue weighted by molar-refractivity contribution is -0.140. The van der Waals surface area contributed by atoms with Crippen LogP contribution in [0.5, 0.6) is 0 Å². The van der Waals surface area contributed by atoms with Crippen molar-refractivity contribution in [1.82, 2.24) is 10.3 Å². The van der Waals surface area contributed by atoms with Crippen LogP contribution in [0.2, 0.25) is 0 Å². The van der Waals surface area contributed by atoms with Crippen LogP contribution in [0.15, 0.2) is 84.9 Å². The highest BCUT2D eigenvalue weighted by molar-refractivity contribution is 5.95. The van der Waals surface area contributed by atoms with Gasteiger partial charge < -0.3 is 5.32 Å². The second-order valence-corrected chi connectivity index (χ2v) is 9.46. The summed E-state index contributed by atoms with van der Waals surface area (Å²) in [5.41, 5.74) is -2.91. The molecule has 0 saturated heterocycles. The maximum absolute atomic E-state index is 14.0. The van der Waals surface area contributed by atoms with Gasteiger partial charge in [0, 0.05) is 17.7 Å². The van der Waals surface area contributed by atoms with Gasteiger partial charge in [0.25, 0.3) is 5.91 Å². The van der Waals surface area contributed by atoms with E-state index in [0.29, 0.717) is 29.0 Å². The fourth-order valence-electron chi connectivity index (χ4n) is 4.59. The molecule has 0 aliphatic carbocycles. The smallest absolute Gasteiger partial charge is 0.337 e. The number of halogens is 7. The molecule has 0 spiro atoms. The molecule has 10 heteroatoms. The Labute approximate surface area is 225 Å². The molecule has 4 aromatic rings. The standard InChI is InChI=1S/C30H23F7N2O/c1-18-13-19(2)38-26(14-18)28(17-20-7-4-3-5-8-20,22-9-6-10-23(16-22)29(32,33)34)39-27(40)21-11-12-25(31)24(15-21)30(35,36)37/h3-16H,17H2,1-2H3,(H,39,40). The Kier molecular flexibility index (Phi) is 7.74. The van der Waals surface area contributed by atoms with E-state index in [9.17, 15) is 35.5 Å². The van der Waals surface area contributed by atoms with Crippen LogP contribution in [-0.2, 0) is 24.3 Å². The minimum absolute atomic E-state index is 0.00943. The highest BCUT2D eigenvalue weighted by Crippen LogP contribution is 2.38. The van der Waals surface area contributed by atoms with Crippen molar-refractivity contribution in [1.29, 1.82) is 0 Å². The Bertz CT molecular complexity index is 1510. The number of benzene rings is 3. The number of amides is 1. The van der Waals surface area contributed by atoms with Crippen LogP contribution in [0, 0.1) is 19.7 Å². The van der Waals surface area contributed by atoms with Crippen molar-refractivity contribution in [2.45, 2.75) is 38.2 Å². The molecule has 1 N–H and O–H groups in total. The van der Waals surface area contributed by atoms with E-state index in [4.69, 9.17) is 0 Å². The third-order valence-corrected chi connectivity index (χ3v) is 6.39. The topological polar surface area (TPSA) is 42.0 Å². The predicted octanol–water partition coefficient (Wildman–Crippen LogP) is 7.79. The normalized spacial score (nSPS) is 13.5. The summed E-state index contributed by atoms with van der Waals surface area (Å²) in [6, 6.07) is 18.0. The van der Waals surface area contributed by atoms with Gasteiger partial charge in [-0.25, -0.2) is 4.39 Å².